The molecule has 0 amide bonds. The van der Waals surface area contributed by atoms with Crippen LogP contribution in [0.4, 0.5) is 5.69 Å². The minimum Gasteiger partial charge on any atom is -0.464 e. The van der Waals surface area contributed by atoms with Gasteiger partial charge in [-0.1, -0.05) is 103 Å². The number of rotatable bonds is 5. The number of anilines is 1. The van der Waals surface area contributed by atoms with Crippen molar-refractivity contribution in [2.24, 2.45) is 5.92 Å². The van der Waals surface area contributed by atoms with E-state index in [0.29, 0.717) is 12.0 Å². The molecule has 1 aromatic heterocycles. The van der Waals surface area contributed by atoms with Gasteiger partial charge in [0, 0.05) is 51.2 Å². The lowest BCUT2D eigenvalue weighted by Crippen LogP contribution is -2.35. The van der Waals surface area contributed by atoms with Crippen LogP contribution in [0.3, 0.4) is 0 Å². The van der Waals surface area contributed by atoms with Crippen molar-refractivity contribution < 1.29 is 4.74 Å². The molecule has 5 nitrogen and oxygen atoms in total. The zero-order valence-corrected chi connectivity index (χ0v) is 25.5. The summed E-state index contributed by atoms with van der Waals surface area (Å²) in [5.74, 6) is 2.12. The van der Waals surface area contributed by atoms with Crippen LogP contribution < -0.4 is 10.2 Å². The zero-order valence-electron chi connectivity index (χ0n) is 25.5. The van der Waals surface area contributed by atoms with E-state index >= 15 is 0 Å². The second-order valence-corrected chi connectivity index (χ2v) is 12.4. The average Bonchev–Trinajstić information content (AvgIpc) is 3.72. The maximum atomic E-state index is 6.70. The van der Waals surface area contributed by atoms with Crippen molar-refractivity contribution in [3.63, 3.8) is 0 Å². The summed E-state index contributed by atoms with van der Waals surface area (Å²) in [4.78, 5) is 12.7. The van der Waals surface area contributed by atoms with Gasteiger partial charge in [0.2, 0.25) is 0 Å². The molecule has 0 radical (unpaired) electrons. The van der Waals surface area contributed by atoms with Crippen LogP contribution in [0, 0.1) is 5.92 Å². The van der Waals surface area contributed by atoms with E-state index < -0.39 is 0 Å². The first-order chi connectivity index (χ1) is 22.8. The number of hydrogen-bond acceptors (Lipinski definition) is 5. The van der Waals surface area contributed by atoms with Crippen molar-refractivity contribution in [1.29, 1.82) is 0 Å². The summed E-state index contributed by atoms with van der Waals surface area (Å²) in [6, 6.07) is 42.6. The van der Waals surface area contributed by atoms with Gasteiger partial charge in [-0.3, -0.25) is 0 Å². The summed E-state index contributed by atoms with van der Waals surface area (Å²) in [6.07, 6.45) is 8.80. The van der Waals surface area contributed by atoms with Crippen LogP contribution in [0.2, 0.25) is 0 Å². The molecule has 4 aliphatic rings. The molecule has 2 aliphatic carbocycles. The van der Waals surface area contributed by atoms with Crippen LogP contribution in [0.25, 0.3) is 33.9 Å². The molecule has 5 aromatic rings. The molecule has 3 unspecified atom stereocenters. The van der Waals surface area contributed by atoms with Gasteiger partial charge in [-0.2, -0.15) is 0 Å². The molecule has 46 heavy (non-hydrogen) atoms. The maximum Gasteiger partial charge on any atom is 0.196 e. The lowest BCUT2D eigenvalue weighted by atomic mass is 9.84. The highest BCUT2D eigenvalue weighted by Gasteiger charge is 2.47. The average molecular weight is 599 g/mol. The van der Waals surface area contributed by atoms with Gasteiger partial charge in [0.15, 0.2) is 12.1 Å². The molecule has 2 aliphatic heterocycles. The fourth-order valence-corrected chi connectivity index (χ4v) is 7.54. The number of aromatic nitrogens is 2. The Bertz CT molecular complexity index is 1940. The minimum absolute atomic E-state index is 0.134. The van der Waals surface area contributed by atoms with E-state index in [4.69, 9.17) is 14.7 Å². The second kappa shape index (κ2) is 11.2. The molecule has 0 saturated carbocycles. The van der Waals surface area contributed by atoms with Crippen molar-refractivity contribution in [3.05, 3.63) is 162 Å². The summed E-state index contributed by atoms with van der Waals surface area (Å²) >= 11 is 0. The Morgan fingerprint density at radius 1 is 0.696 bits per heavy atom. The molecule has 9 rings (SSSR count). The van der Waals surface area contributed by atoms with Crippen LogP contribution >= 0.6 is 0 Å². The summed E-state index contributed by atoms with van der Waals surface area (Å²) in [6.45, 7) is 0. The van der Waals surface area contributed by atoms with Crippen LogP contribution in [-0.2, 0) is 4.74 Å². The standard InChI is InChI=1S/C41H34N4O/c1-4-12-27(13-5-1)34-26-35(28-14-6-2-7-15-28)43-40(42-34)29-20-22-31(23-21-29)45-36-19-11-10-18-32(36)38-37(45)25-24-33-39(38)46-41(44-33)30-16-8-3-9-17-30/h1-10,12-18,20-23,26,32,36,41,44H,11,19,24-25H2. The highest BCUT2D eigenvalue weighted by Crippen LogP contribution is 2.52. The van der Waals surface area contributed by atoms with Crippen LogP contribution in [0.1, 0.15) is 37.5 Å². The van der Waals surface area contributed by atoms with E-state index in [-0.39, 0.29) is 6.23 Å². The van der Waals surface area contributed by atoms with E-state index in [1.165, 1.54) is 22.7 Å². The highest BCUT2D eigenvalue weighted by atomic mass is 16.5. The SMILES string of the molecule is C1=CC2C3=C(CCC4=C3OC(c3ccccc3)N4)N(c3ccc(-c4nc(-c5ccccc5)cc(-c5ccccc5)n4)cc3)C2CC1. The first-order valence-corrected chi connectivity index (χ1v) is 16.3. The predicted molar refractivity (Wildman–Crippen MR) is 183 cm³/mol. The molecule has 0 spiro atoms. The molecule has 3 atom stereocenters. The Labute approximate surface area is 269 Å². The van der Waals surface area contributed by atoms with Crippen LogP contribution in [0.5, 0.6) is 0 Å². The Morgan fingerprint density at radius 2 is 1.35 bits per heavy atom. The van der Waals surface area contributed by atoms with Gasteiger partial charge in [0.05, 0.1) is 17.1 Å². The Kier molecular flexibility index (Phi) is 6.55. The number of allylic oxidation sites excluding steroid dienone is 4. The van der Waals surface area contributed by atoms with Gasteiger partial charge in [-0.15, -0.1) is 0 Å². The number of ether oxygens (including phenoxy) is 1. The largest absolute Gasteiger partial charge is 0.464 e. The fourth-order valence-electron chi connectivity index (χ4n) is 7.54. The van der Waals surface area contributed by atoms with Gasteiger partial charge in [0.1, 0.15) is 5.76 Å². The van der Waals surface area contributed by atoms with Gasteiger partial charge in [-0.05, 0) is 56.0 Å². The summed E-state index contributed by atoms with van der Waals surface area (Å²) in [7, 11) is 0. The van der Waals surface area contributed by atoms with Gasteiger partial charge in [-0.25, -0.2) is 9.97 Å². The van der Waals surface area contributed by atoms with E-state index in [1.54, 1.807) is 0 Å². The summed E-state index contributed by atoms with van der Waals surface area (Å²) < 4.78 is 6.70. The molecule has 4 aromatic carbocycles. The van der Waals surface area contributed by atoms with Gasteiger partial charge >= 0.3 is 0 Å². The van der Waals surface area contributed by atoms with Crippen molar-refractivity contribution in [1.82, 2.24) is 15.3 Å². The Balaban J connectivity index is 1.07. The number of benzene rings is 4. The number of fused-ring (bicyclic) bond motifs is 3. The van der Waals surface area contributed by atoms with E-state index in [0.717, 1.165) is 70.9 Å². The lowest BCUT2D eigenvalue weighted by Gasteiger charge is -2.33. The Hall–Kier alpha value is -5.42. The third-order valence-corrected chi connectivity index (χ3v) is 9.70. The molecule has 0 fully saturated rings. The molecule has 0 bridgehead atoms. The molecular formula is C41H34N4O. The van der Waals surface area contributed by atoms with Crippen LogP contribution in [0.15, 0.2) is 156 Å². The first kappa shape index (κ1) is 26.9. The molecule has 1 N–H and O–H groups in total. The second-order valence-electron chi connectivity index (χ2n) is 12.4. The quantitative estimate of drug-likeness (QED) is 0.204. The zero-order chi connectivity index (χ0) is 30.5. The van der Waals surface area contributed by atoms with Gasteiger partial charge in [0.25, 0.3) is 0 Å². The third kappa shape index (κ3) is 4.62. The van der Waals surface area contributed by atoms with E-state index in [9.17, 15) is 0 Å². The molecule has 3 heterocycles. The lowest BCUT2D eigenvalue weighted by molar-refractivity contribution is 0.132. The topological polar surface area (TPSA) is 50.3 Å². The number of nitrogens with zero attached hydrogens (tertiary/aromatic N) is 3. The van der Waals surface area contributed by atoms with Gasteiger partial charge < -0.3 is 15.0 Å². The Morgan fingerprint density at radius 3 is 2.02 bits per heavy atom. The normalized spacial score (nSPS) is 21.4. The van der Waals surface area contributed by atoms with Crippen molar-refractivity contribution in [2.45, 2.75) is 38.0 Å². The molecule has 5 heteroatoms. The number of hydrogen-bond donors (Lipinski definition) is 1. The third-order valence-electron chi connectivity index (χ3n) is 9.70. The molecule has 0 saturated heterocycles. The first-order valence-electron chi connectivity index (χ1n) is 16.3. The fraction of sp³-hybridized carbons (Fsp3) is 0.171. The molecular weight excluding hydrogens is 564 g/mol. The summed E-state index contributed by atoms with van der Waals surface area (Å²) in [5.41, 5.74) is 11.4. The predicted octanol–water partition coefficient (Wildman–Crippen LogP) is 9.21. The smallest absolute Gasteiger partial charge is 0.196 e. The van der Waals surface area contributed by atoms with E-state index in [1.807, 2.05) is 12.1 Å². The molecule has 224 valence electrons. The van der Waals surface area contributed by atoms with E-state index in [2.05, 4.69) is 132 Å². The van der Waals surface area contributed by atoms with Crippen molar-refractivity contribution in [3.8, 4) is 33.9 Å². The number of nitrogens with one attached hydrogen (secondary N) is 1. The van der Waals surface area contributed by atoms with Crippen molar-refractivity contribution in [2.75, 3.05) is 4.90 Å². The summed E-state index contributed by atoms with van der Waals surface area (Å²) in [5, 5.41) is 3.70. The highest BCUT2D eigenvalue weighted by molar-refractivity contribution is 5.73. The maximum absolute atomic E-state index is 6.70. The van der Waals surface area contributed by atoms with Crippen molar-refractivity contribution >= 4 is 5.69 Å². The monoisotopic (exact) mass is 598 g/mol. The van der Waals surface area contributed by atoms with Crippen LogP contribution in [-0.4, -0.2) is 16.0 Å². The minimum atomic E-state index is -0.134.